The molecule has 0 amide bonds. The van der Waals surface area contributed by atoms with Crippen molar-refractivity contribution in [3.05, 3.63) is 47.3 Å². The zero-order chi connectivity index (χ0) is 14.5. The van der Waals surface area contributed by atoms with Crippen LogP contribution in [0, 0.1) is 6.92 Å². The molecular weight excluding hydrogens is 272 g/mol. The van der Waals surface area contributed by atoms with Gasteiger partial charge < -0.3 is 14.0 Å². The fourth-order valence-electron chi connectivity index (χ4n) is 1.53. The van der Waals surface area contributed by atoms with Gasteiger partial charge in [0.15, 0.2) is 12.4 Å². The molecular formula is C13H11F2NO4. The number of nitrogens with zero attached hydrogens (tertiary/aromatic N) is 1. The lowest BCUT2D eigenvalue weighted by molar-refractivity contribution is -0.0505. The van der Waals surface area contributed by atoms with E-state index in [1.54, 1.807) is 13.0 Å². The molecule has 1 aromatic carbocycles. The minimum absolute atomic E-state index is 0.0796. The second-order valence-corrected chi connectivity index (χ2v) is 3.89. The number of rotatable bonds is 5. The Morgan fingerprint density at radius 2 is 2.15 bits per heavy atom. The number of alkyl halides is 2. The molecule has 0 aliphatic carbocycles. The topological polar surface area (TPSA) is 61.6 Å². The van der Waals surface area contributed by atoms with Crippen LogP contribution in [0.4, 0.5) is 8.78 Å². The molecule has 0 aliphatic heterocycles. The zero-order valence-corrected chi connectivity index (χ0v) is 10.5. The summed E-state index contributed by atoms with van der Waals surface area (Å²) in [6.45, 7) is -1.43. The van der Waals surface area contributed by atoms with Crippen LogP contribution in [0.25, 0.3) is 0 Å². The predicted octanol–water partition coefficient (Wildman–Crippen LogP) is 2.94. The average Bonchev–Trinajstić information content (AvgIpc) is 2.82. The van der Waals surface area contributed by atoms with E-state index < -0.39 is 12.6 Å². The van der Waals surface area contributed by atoms with Crippen molar-refractivity contribution in [1.29, 1.82) is 0 Å². The molecule has 0 N–H and O–H groups in total. The Kier molecular flexibility index (Phi) is 4.29. The predicted molar refractivity (Wildman–Crippen MR) is 63.4 cm³/mol. The molecule has 0 unspecified atom stereocenters. The molecule has 0 fully saturated rings. The molecule has 0 saturated carbocycles. The second kappa shape index (κ2) is 6.14. The Hall–Kier alpha value is -2.44. The summed E-state index contributed by atoms with van der Waals surface area (Å²) in [5.74, 6) is -0.653. The molecule has 20 heavy (non-hydrogen) atoms. The molecule has 0 spiro atoms. The molecule has 106 valence electrons. The Labute approximate surface area is 113 Å². The average molecular weight is 283 g/mol. The first-order chi connectivity index (χ1) is 9.56. The van der Waals surface area contributed by atoms with E-state index in [0.717, 1.165) is 0 Å². The van der Waals surface area contributed by atoms with Crippen LogP contribution in [-0.2, 0) is 11.3 Å². The molecule has 0 saturated heterocycles. The first-order valence-corrected chi connectivity index (χ1v) is 5.69. The normalized spacial score (nSPS) is 10.6. The number of para-hydroxylation sites is 1. The van der Waals surface area contributed by atoms with E-state index in [1.807, 2.05) is 0 Å². The van der Waals surface area contributed by atoms with E-state index in [1.165, 1.54) is 24.3 Å². The van der Waals surface area contributed by atoms with Crippen LogP contribution < -0.4 is 4.74 Å². The molecule has 0 aliphatic rings. The van der Waals surface area contributed by atoms with Crippen LogP contribution >= 0.6 is 0 Å². The lowest BCUT2D eigenvalue weighted by Gasteiger charge is -2.09. The van der Waals surface area contributed by atoms with Gasteiger partial charge in [0.25, 0.3) is 0 Å². The van der Waals surface area contributed by atoms with Crippen LogP contribution in [0.5, 0.6) is 5.75 Å². The minimum Gasteiger partial charge on any atom is -0.454 e. The summed E-state index contributed by atoms with van der Waals surface area (Å²) in [6, 6.07) is 7.21. The van der Waals surface area contributed by atoms with Crippen molar-refractivity contribution >= 4 is 5.97 Å². The molecule has 7 heteroatoms. The van der Waals surface area contributed by atoms with Gasteiger partial charge in [-0.3, -0.25) is 0 Å². The molecule has 1 aromatic heterocycles. The molecule has 1 heterocycles. The van der Waals surface area contributed by atoms with E-state index in [0.29, 0.717) is 11.5 Å². The lowest BCUT2D eigenvalue weighted by Crippen LogP contribution is -2.10. The van der Waals surface area contributed by atoms with Gasteiger partial charge in [0, 0.05) is 6.07 Å². The standard InChI is InChI=1S/C13H11F2NO4/c1-8-6-9(20-16-8)7-18-12(17)10-4-2-3-5-11(10)19-13(14)15/h2-6,13H,7H2,1H3. The van der Waals surface area contributed by atoms with Crippen LogP contribution in [0.3, 0.4) is 0 Å². The van der Waals surface area contributed by atoms with Crippen LogP contribution in [0.15, 0.2) is 34.9 Å². The number of carbonyl (C=O) groups excluding carboxylic acids is 1. The molecule has 0 atom stereocenters. The number of halogens is 2. The van der Waals surface area contributed by atoms with E-state index in [4.69, 9.17) is 9.26 Å². The molecule has 2 aromatic rings. The van der Waals surface area contributed by atoms with Gasteiger partial charge in [0.05, 0.1) is 5.69 Å². The van der Waals surface area contributed by atoms with Crippen molar-refractivity contribution in [3.63, 3.8) is 0 Å². The van der Waals surface area contributed by atoms with Gasteiger partial charge >= 0.3 is 12.6 Å². The summed E-state index contributed by atoms with van der Waals surface area (Å²) in [4.78, 5) is 11.8. The Morgan fingerprint density at radius 1 is 1.40 bits per heavy atom. The lowest BCUT2D eigenvalue weighted by atomic mass is 10.2. The Morgan fingerprint density at radius 3 is 2.80 bits per heavy atom. The maximum atomic E-state index is 12.2. The third kappa shape index (κ3) is 3.53. The fourth-order valence-corrected chi connectivity index (χ4v) is 1.53. The number of benzene rings is 1. The van der Waals surface area contributed by atoms with E-state index in [2.05, 4.69) is 9.89 Å². The first-order valence-electron chi connectivity index (χ1n) is 5.69. The fraction of sp³-hybridized carbons (Fsp3) is 0.231. The third-order valence-electron chi connectivity index (χ3n) is 2.35. The number of hydrogen-bond acceptors (Lipinski definition) is 5. The van der Waals surface area contributed by atoms with Gasteiger partial charge in [-0.1, -0.05) is 17.3 Å². The smallest absolute Gasteiger partial charge is 0.387 e. The van der Waals surface area contributed by atoms with Crippen LogP contribution in [0.2, 0.25) is 0 Å². The molecule has 0 radical (unpaired) electrons. The van der Waals surface area contributed by atoms with Gasteiger partial charge in [-0.25, -0.2) is 4.79 Å². The Bertz CT molecular complexity index is 598. The Balaban J connectivity index is 2.05. The van der Waals surface area contributed by atoms with E-state index >= 15 is 0 Å². The van der Waals surface area contributed by atoms with Crippen LogP contribution in [-0.4, -0.2) is 17.7 Å². The maximum absolute atomic E-state index is 12.2. The number of carbonyl (C=O) groups is 1. The first kappa shape index (κ1) is 14.0. The number of hydrogen-bond donors (Lipinski definition) is 0. The quantitative estimate of drug-likeness (QED) is 0.789. The number of esters is 1. The highest BCUT2D eigenvalue weighted by Gasteiger charge is 2.17. The molecule has 0 bridgehead atoms. The summed E-state index contributed by atoms with van der Waals surface area (Å²) in [5, 5.41) is 3.63. The SMILES string of the molecule is Cc1cc(COC(=O)c2ccccc2OC(F)F)on1. The van der Waals surface area contributed by atoms with Crippen molar-refractivity contribution in [2.45, 2.75) is 20.1 Å². The van der Waals surface area contributed by atoms with Gasteiger partial charge in [0.1, 0.15) is 11.3 Å². The van der Waals surface area contributed by atoms with Gasteiger partial charge in [-0.15, -0.1) is 0 Å². The summed E-state index contributed by atoms with van der Waals surface area (Å²) in [5.41, 5.74) is 0.571. The van der Waals surface area contributed by atoms with Gasteiger partial charge in [0.2, 0.25) is 0 Å². The molecule has 2 rings (SSSR count). The monoisotopic (exact) mass is 283 g/mol. The van der Waals surface area contributed by atoms with Crippen molar-refractivity contribution < 1.29 is 27.6 Å². The molecule has 5 nitrogen and oxygen atoms in total. The van der Waals surface area contributed by atoms with Crippen molar-refractivity contribution in [2.24, 2.45) is 0 Å². The highest BCUT2D eigenvalue weighted by molar-refractivity contribution is 5.92. The largest absolute Gasteiger partial charge is 0.454 e. The van der Waals surface area contributed by atoms with Crippen molar-refractivity contribution in [2.75, 3.05) is 0 Å². The highest BCUT2D eigenvalue weighted by atomic mass is 19.3. The summed E-state index contributed by atoms with van der Waals surface area (Å²) in [6.07, 6.45) is 0. The number of ether oxygens (including phenoxy) is 2. The van der Waals surface area contributed by atoms with Crippen molar-refractivity contribution in [1.82, 2.24) is 5.16 Å². The van der Waals surface area contributed by atoms with Gasteiger partial charge in [-0.05, 0) is 19.1 Å². The highest BCUT2D eigenvalue weighted by Crippen LogP contribution is 2.21. The maximum Gasteiger partial charge on any atom is 0.387 e. The summed E-state index contributed by atoms with van der Waals surface area (Å²) >= 11 is 0. The minimum atomic E-state index is -3.01. The van der Waals surface area contributed by atoms with E-state index in [-0.39, 0.29) is 17.9 Å². The third-order valence-corrected chi connectivity index (χ3v) is 2.35. The van der Waals surface area contributed by atoms with Crippen molar-refractivity contribution in [3.8, 4) is 5.75 Å². The second-order valence-electron chi connectivity index (χ2n) is 3.89. The zero-order valence-electron chi connectivity index (χ0n) is 10.5. The van der Waals surface area contributed by atoms with Crippen LogP contribution in [0.1, 0.15) is 21.8 Å². The summed E-state index contributed by atoms with van der Waals surface area (Å²) in [7, 11) is 0. The number of aryl methyl sites for hydroxylation is 1. The number of aromatic nitrogens is 1. The van der Waals surface area contributed by atoms with E-state index in [9.17, 15) is 13.6 Å². The summed E-state index contributed by atoms with van der Waals surface area (Å²) < 4.78 is 38.5. The van der Waals surface area contributed by atoms with Gasteiger partial charge in [-0.2, -0.15) is 8.78 Å².